The van der Waals surface area contributed by atoms with E-state index in [0.29, 0.717) is 5.69 Å². The van der Waals surface area contributed by atoms with Crippen molar-refractivity contribution in [3.05, 3.63) is 53.3 Å². The Morgan fingerprint density at radius 2 is 1.63 bits per heavy atom. The van der Waals surface area contributed by atoms with Gasteiger partial charge in [0.1, 0.15) is 0 Å². The van der Waals surface area contributed by atoms with Gasteiger partial charge in [0.25, 0.3) is 0 Å². The molecule has 0 aliphatic carbocycles. The maximum absolute atomic E-state index is 6.03. The van der Waals surface area contributed by atoms with E-state index in [-0.39, 0.29) is 0 Å². The second kappa shape index (κ2) is 4.12. The lowest BCUT2D eigenvalue weighted by atomic mass is 10.1. The maximum atomic E-state index is 6.03. The highest BCUT2D eigenvalue weighted by Gasteiger charge is 2.13. The van der Waals surface area contributed by atoms with Gasteiger partial charge < -0.3 is 5.73 Å². The minimum Gasteiger partial charge on any atom is -0.396 e. The zero-order chi connectivity index (χ0) is 13.6. The Morgan fingerprint density at radius 3 is 2.26 bits per heavy atom. The van der Waals surface area contributed by atoms with Crippen molar-refractivity contribution >= 4 is 11.3 Å². The molecule has 0 aliphatic heterocycles. The van der Waals surface area contributed by atoms with Crippen LogP contribution in [0, 0.1) is 20.8 Å². The summed E-state index contributed by atoms with van der Waals surface area (Å²) in [6.07, 6.45) is 0. The summed E-state index contributed by atoms with van der Waals surface area (Å²) in [5.74, 6) is 0. The number of nitrogens with zero attached hydrogens (tertiary/aromatic N) is 2. The van der Waals surface area contributed by atoms with Gasteiger partial charge in [-0.25, -0.2) is 4.98 Å². The second-order valence-electron chi connectivity index (χ2n) is 5.00. The van der Waals surface area contributed by atoms with Gasteiger partial charge in [-0.05, 0) is 32.9 Å². The van der Waals surface area contributed by atoms with E-state index in [4.69, 9.17) is 10.7 Å². The summed E-state index contributed by atoms with van der Waals surface area (Å²) in [6, 6.07) is 12.4. The molecule has 0 spiro atoms. The van der Waals surface area contributed by atoms with Gasteiger partial charge in [0.2, 0.25) is 0 Å². The van der Waals surface area contributed by atoms with E-state index in [9.17, 15) is 0 Å². The van der Waals surface area contributed by atoms with Crippen molar-refractivity contribution in [2.45, 2.75) is 20.8 Å². The van der Waals surface area contributed by atoms with Gasteiger partial charge in [0.15, 0.2) is 5.65 Å². The second-order valence-corrected chi connectivity index (χ2v) is 5.00. The number of hydrogen-bond donors (Lipinski definition) is 1. The van der Waals surface area contributed by atoms with Crippen LogP contribution in [-0.2, 0) is 0 Å². The molecule has 0 amide bonds. The highest BCUT2D eigenvalue weighted by Crippen LogP contribution is 2.27. The predicted molar refractivity (Wildman–Crippen MR) is 79.3 cm³/mol. The van der Waals surface area contributed by atoms with Crippen LogP contribution in [0.5, 0.6) is 0 Å². The lowest BCUT2D eigenvalue weighted by Crippen LogP contribution is -1.97. The predicted octanol–water partition coefficient (Wildman–Crippen LogP) is 3.51. The summed E-state index contributed by atoms with van der Waals surface area (Å²) in [5.41, 5.74) is 13.2. The first-order valence-electron chi connectivity index (χ1n) is 6.39. The van der Waals surface area contributed by atoms with Crippen molar-refractivity contribution in [2.75, 3.05) is 5.73 Å². The first kappa shape index (κ1) is 11.8. The molecule has 19 heavy (non-hydrogen) atoms. The SMILES string of the molecule is Cc1ccc(-c2nc3c(N)ccc(C)n3c2C)cc1. The van der Waals surface area contributed by atoms with Crippen LogP contribution in [-0.4, -0.2) is 9.38 Å². The van der Waals surface area contributed by atoms with Crippen LogP contribution in [0.15, 0.2) is 36.4 Å². The van der Waals surface area contributed by atoms with E-state index in [2.05, 4.69) is 49.4 Å². The average Bonchev–Trinajstić information content (AvgIpc) is 2.74. The first-order valence-corrected chi connectivity index (χ1v) is 6.39. The molecule has 2 aromatic heterocycles. The molecule has 0 saturated heterocycles. The van der Waals surface area contributed by atoms with Crippen molar-refractivity contribution in [3.63, 3.8) is 0 Å². The Kier molecular flexibility index (Phi) is 2.56. The van der Waals surface area contributed by atoms with Crippen LogP contribution in [0.2, 0.25) is 0 Å². The summed E-state index contributed by atoms with van der Waals surface area (Å²) in [5, 5.41) is 0. The number of anilines is 1. The monoisotopic (exact) mass is 251 g/mol. The molecule has 1 aromatic carbocycles. The number of imidazole rings is 1. The first-order chi connectivity index (χ1) is 9.08. The summed E-state index contributed by atoms with van der Waals surface area (Å²) in [6.45, 7) is 6.24. The molecule has 3 aromatic rings. The van der Waals surface area contributed by atoms with Gasteiger partial charge in [-0.15, -0.1) is 0 Å². The van der Waals surface area contributed by atoms with E-state index in [1.807, 2.05) is 12.1 Å². The summed E-state index contributed by atoms with van der Waals surface area (Å²) in [7, 11) is 0. The Labute approximate surface area is 112 Å². The van der Waals surface area contributed by atoms with E-state index < -0.39 is 0 Å². The third-order valence-corrected chi connectivity index (χ3v) is 3.55. The van der Waals surface area contributed by atoms with Crippen molar-refractivity contribution in [2.24, 2.45) is 0 Å². The number of aromatic nitrogens is 2. The van der Waals surface area contributed by atoms with Crippen LogP contribution in [0.1, 0.15) is 17.0 Å². The third kappa shape index (κ3) is 1.78. The summed E-state index contributed by atoms with van der Waals surface area (Å²) < 4.78 is 2.12. The highest BCUT2D eigenvalue weighted by atomic mass is 15.0. The van der Waals surface area contributed by atoms with E-state index >= 15 is 0 Å². The average molecular weight is 251 g/mol. The Balaban J connectivity index is 2.31. The number of aryl methyl sites for hydroxylation is 3. The van der Waals surface area contributed by atoms with Gasteiger partial charge in [0, 0.05) is 17.0 Å². The Bertz CT molecular complexity index is 752. The lowest BCUT2D eigenvalue weighted by Gasteiger charge is -2.04. The van der Waals surface area contributed by atoms with Gasteiger partial charge in [-0.1, -0.05) is 29.8 Å². The number of nitrogens with two attached hydrogens (primary N) is 1. The molecule has 0 fully saturated rings. The molecule has 0 radical (unpaired) electrons. The van der Waals surface area contributed by atoms with Crippen LogP contribution < -0.4 is 5.73 Å². The largest absolute Gasteiger partial charge is 0.396 e. The van der Waals surface area contributed by atoms with E-state index in [1.54, 1.807) is 0 Å². The number of pyridine rings is 1. The van der Waals surface area contributed by atoms with Crippen LogP contribution in [0.4, 0.5) is 5.69 Å². The van der Waals surface area contributed by atoms with Crippen molar-refractivity contribution in [1.29, 1.82) is 0 Å². The fourth-order valence-corrected chi connectivity index (χ4v) is 2.47. The third-order valence-electron chi connectivity index (χ3n) is 3.55. The zero-order valence-corrected chi connectivity index (χ0v) is 11.4. The Hall–Kier alpha value is -2.29. The van der Waals surface area contributed by atoms with Gasteiger partial charge >= 0.3 is 0 Å². The molecule has 3 nitrogen and oxygen atoms in total. The molecule has 3 rings (SSSR count). The molecule has 2 N–H and O–H groups in total. The number of hydrogen-bond acceptors (Lipinski definition) is 2. The summed E-state index contributed by atoms with van der Waals surface area (Å²) >= 11 is 0. The zero-order valence-electron chi connectivity index (χ0n) is 11.4. The molecule has 3 heteroatoms. The summed E-state index contributed by atoms with van der Waals surface area (Å²) in [4.78, 5) is 4.71. The minimum absolute atomic E-state index is 0.715. The molecule has 0 bridgehead atoms. The standard InChI is InChI=1S/C16H17N3/c1-10-4-7-13(8-5-10)15-12(3)19-11(2)6-9-14(17)16(19)18-15/h4-9H,17H2,1-3H3. The number of rotatable bonds is 1. The fraction of sp³-hybridized carbons (Fsp3) is 0.188. The molecule has 96 valence electrons. The van der Waals surface area contributed by atoms with Crippen LogP contribution >= 0.6 is 0 Å². The number of benzene rings is 1. The molecular weight excluding hydrogens is 234 g/mol. The minimum atomic E-state index is 0.715. The van der Waals surface area contributed by atoms with Crippen LogP contribution in [0.25, 0.3) is 16.9 Å². The van der Waals surface area contributed by atoms with E-state index in [1.165, 1.54) is 5.56 Å². The quantitative estimate of drug-likeness (QED) is 0.719. The Morgan fingerprint density at radius 1 is 0.947 bits per heavy atom. The lowest BCUT2D eigenvalue weighted by molar-refractivity contribution is 1.04. The molecule has 0 saturated carbocycles. The normalized spacial score (nSPS) is 11.1. The van der Waals surface area contributed by atoms with Crippen molar-refractivity contribution in [3.8, 4) is 11.3 Å². The smallest absolute Gasteiger partial charge is 0.161 e. The van der Waals surface area contributed by atoms with Crippen molar-refractivity contribution in [1.82, 2.24) is 9.38 Å². The van der Waals surface area contributed by atoms with Crippen molar-refractivity contribution < 1.29 is 0 Å². The fourth-order valence-electron chi connectivity index (χ4n) is 2.47. The maximum Gasteiger partial charge on any atom is 0.161 e. The molecular formula is C16H17N3. The molecule has 0 unspecified atom stereocenters. The molecule has 0 aliphatic rings. The molecule has 2 heterocycles. The topological polar surface area (TPSA) is 43.3 Å². The highest BCUT2D eigenvalue weighted by molar-refractivity contribution is 5.73. The molecule has 0 atom stereocenters. The van der Waals surface area contributed by atoms with Gasteiger partial charge in [0.05, 0.1) is 11.4 Å². The number of nitrogen functional groups attached to an aromatic ring is 1. The van der Waals surface area contributed by atoms with E-state index in [0.717, 1.165) is 28.3 Å². The van der Waals surface area contributed by atoms with Crippen LogP contribution in [0.3, 0.4) is 0 Å². The number of fused-ring (bicyclic) bond motifs is 1. The van der Waals surface area contributed by atoms with Gasteiger partial charge in [-0.2, -0.15) is 0 Å². The van der Waals surface area contributed by atoms with Gasteiger partial charge in [-0.3, -0.25) is 4.40 Å².